The maximum absolute atomic E-state index is 12.7. The van der Waals surface area contributed by atoms with Gasteiger partial charge in [0.05, 0.1) is 12.2 Å². The monoisotopic (exact) mass is 439 g/mol. The number of carbonyl (C=O) groups is 2. The fourth-order valence-electron chi connectivity index (χ4n) is 2.73. The maximum Gasteiger partial charge on any atom is 0.416 e. The fraction of sp³-hybridized carbons (Fsp3) is 0.200. The fourth-order valence-corrected chi connectivity index (χ4v) is 4.68. The number of alkyl halides is 3. The van der Waals surface area contributed by atoms with Crippen molar-refractivity contribution in [3.05, 3.63) is 63.3 Å². The predicted molar refractivity (Wildman–Crippen MR) is 108 cm³/mol. The summed E-state index contributed by atoms with van der Waals surface area (Å²) in [7, 11) is 0. The summed E-state index contributed by atoms with van der Waals surface area (Å²) in [6.07, 6.45) is -4.48. The van der Waals surface area contributed by atoms with Crippen LogP contribution in [0, 0.1) is 6.92 Å². The van der Waals surface area contributed by atoms with E-state index in [2.05, 4.69) is 5.32 Å². The topological polar surface area (TPSA) is 55.4 Å². The van der Waals surface area contributed by atoms with Gasteiger partial charge in [-0.25, -0.2) is 4.79 Å². The van der Waals surface area contributed by atoms with Gasteiger partial charge in [0.2, 0.25) is 0 Å². The van der Waals surface area contributed by atoms with E-state index in [0.717, 1.165) is 34.0 Å². The summed E-state index contributed by atoms with van der Waals surface area (Å²) >= 11 is 2.67. The van der Waals surface area contributed by atoms with Crippen LogP contribution in [0.15, 0.2) is 41.8 Å². The number of hydrogen-bond acceptors (Lipinski definition) is 5. The van der Waals surface area contributed by atoms with Crippen LogP contribution in [0.2, 0.25) is 0 Å². The Morgan fingerprint density at radius 1 is 1.14 bits per heavy atom. The standard InChI is InChI=1S/C20H16F3NO3S2/c1-3-27-19(26)16-15(14-5-4-10-28-14)11(2)29-18(16)24-17(25)12-6-8-13(9-7-12)20(21,22)23/h4-10H,3H2,1-2H3,(H,24,25). The summed E-state index contributed by atoms with van der Waals surface area (Å²) in [6, 6.07) is 7.61. The number of esters is 1. The van der Waals surface area contributed by atoms with Crippen LogP contribution in [0.4, 0.5) is 18.2 Å². The Balaban J connectivity index is 1.95. The third kappa shape index (κ3) is 4.51. The first-order valence-electron chi connectivity index (χ1n) is 8.55. The molecule has 3 aromatic rings. The molecule has 0 unspecified atom stereocenters. The van der Waals surface area contributed by atoms with E-state index in [-0.39, 0.29) is 17.7 Å². The highest BCUT2D eigenvalue weighted by Gasteiger charge is 2.30. The van der Waals surface area contributed by atoms with Gasteiger partial charge < -0.3 is 10.1 Å². The number of benzene rings is 1. The largest absolute Gasteiger partial charge is 0.462 e. The molecule has 2 aromatic heterocycles. The molecule has 0 saturated heterocycles. The van der Waals surface area contributed by atoms with Crippen LogP contribution in [0.1, 0.15) is 38.1 Å². The Kier molecular flexibility index (Phi) is 6.09. The molecule has 0 fully saturated rings. The van der Waals surface area contributed by atoms with Crippen LogP contribution < -0.4 is 5.32 Å². The second kappa shape index (κ2) is 8.38. The lowest BCUT2D eigenvalue weighted by atomic mass is 10.1. The third-order valence-electron chi connectivity index (χ3n) is 4.03. The van der Waals surface area contributed by atoms with Crippen molar-refractivity contribution in [3.8, 4) is 10.4 Å². The van der Waals surface area contributed by atoms with Crippen molar-refractivity contribution in [1.29, 1.82) is 0 Å². The van der Waals surface area contributed by atoms with Crippen LogP contribution >= 0.6 is 22.7 Å². The first kappa shape index (κ1) is 21.1. The molecular weight excluding hydrogens is 423 g/mol. The molecule has 29 heavy (non-hydrogen) atoms. The zero-order valence-electron chi connectivity index (χ0n) is 15.4. The molecule has 1 N–H and O–H groups in total. The second-order valence-corrected chi connectivity index (χ2v) is 8.14. The second-order valence-electron chi connectivity index (χ2n) is 5.96. The number of rotatable bonds is 5. The van der Waals surface area contributed by atoms with Crippen LogP contribution in [0.3, 0.4) is 0 Å². The quantitative estimate of drug-likeness (QED) is 0.479. The van der Waals surface area contributed by atoms with E-state index in [1.807, 2.05) is 24.4 Å². The highest BCUT2D eigenvalue weighted by Crippen LogP contribution is 2.42. The third-order valence-corrected chi connectivity index (χ3v) is 5.94. The number of amides is 1. The summed E-state index contributed by atoms with van der Waals surface area (Å²) in [5, 5.41) is 4.83. The molecule has 1 aromatic carbocycles. The first-order valence-corrected chi connectivity index (χ1v) is 10.2. The Labute approximate surface area is 172 Å². The van der Waals surface area contributed by atoms with Gasteiger partial charge in [-0.1, -0.05) is 6.07 Å². The SMILES string of the molecule is CCOC(=O)c1c(NC(=O)c2ccc(C(F)(F)F)cc2)sc(C)c1-c1cccs1. The lowest BCUT2D eigenvalue weighted by Crippen LogP contribution is -2.15. The molecule has 4 nitrogen and oxygen atoms in total. The van der Waals surface area contributed by atoms with Gasteiger partial charge in [0.25, 0.3) is 5.91 Å². The van der Waals surface area contributed by atoms with Crippen LogP contribution in [-0.2, 0) is 10.9 Å². The Hall–Kier alpha value is -2.65. The summed E-state index contributed by atoms with van der Waals surface area (Å²) < 4.78 is 43.3. The number of carbonyl (C=O) groups excluding carboxylic acids is 2. The minimum atomic E-state index is -4.48. The molecule has 0 aliphatic carbocycles. The smallest absolute Gasteiger partial charge is 0.416 e. The highest BCUT2D eigenvalue weighted by molar-refractivity contribution is 7.18. The Bertz CT molecular complexity index is 1020. The van der Waals surface area contributed by atoms with Crippen LogP contribution in [0.5, 0.6) is 0 Å². The number of nitrogens with one attached hydrogen (secondary N) is 1. The van der Waals surface area contributed by atoms with E-state index in [0.29, 0.717) is 10.6 Å². The minimum Gasteiger partial charge on any atom is -0.462 e. The van der Waals surface area contributed by atoms with Gasteiger partial charge in [-0.05, 0) is 49.6 Å². The van der Waals surface area contributed by atoms with Gasteiger partial charge >= 0.3 is 12.1 Å². The molecule has 1 amide bonds. The van der Waals surface area contributed by atoms with E-state index in [1.165, 1.54) is 22.7 Å². The molecular formula is C20H16F3NO3S2. The van der Waals surface area contributed by atoms with Crippen molar-refractivity contribution in [1.82, 2.24) is 0 Å². The Morgan fingerprint density at radius 2 is 1.83 bits per heavy atom. The molecule has 0 atom stereocenters. The first-order chi connectivity index (χ1) is 13.7. The molecule has 0 aliphatic rings. The number of anilines is 1. The zero-order chi connectivity index (χ0) is 21.2. The van der Waals surface area contributed by atoms with Crippen molar-refractivity contribution in [2.45, 2.75) is 20.0 Å². The lowest BCUT2D eigenvalue weighted by molar-refractivity contribution is -0.137. The van der Waals surface area contributed by atoms with E-state index in [9.17, 15) is 22.8 Å². The lowest BCUT2D eigenvalue weighted by Gasteiger charge is -2.09. The van der Waals surface area contributed by atoms with Gasteiger partial charge in [-0.2, -0.15) is 13.2 Å². The van der Waals surface area contributed by atoms with E-state index in [1.54, 1.807) is 6.92 Å². The summed E-state index contributed by atoms with van der Waals surface area (Å²) in [5.41, 5.74) is 0.146. The molecule has 0 spiro atoms. The predicted octanol–water partition coefficient (Wildman–Crippen LogP) is 6.23. The molecule has 3 rings (SSSR count). The molecule has 2 heterocycles. The number of ether oxygens (including phenoxy) is 1. The van der Waals surface area contributed by atoms with E-state index < -0.39 is 23.6 Å². The van der Waals surface area contributed by atoms with Gasteiger partial charge in [0, 0.05) is 20.9 Å². The van der Waals surface area contributed by atoms with Gasteiger partial charge in [0.1, 0.15) is 10.6 Å². The number of thiophene rings is 2. The van der Waals surface area contributed by atoms with Crippen LogP contribution in [-0.4, -0.2) is 18.5 Å². The van der Waals surface area contributed by atoms with Crippen LogP contribution in [0.25, 0.3) is 10.4 Å². The van der Waals surface area contributed by atoms with Crippen molar-refractivity contribution in [2.75, 3.05) is 11.9 Å². The van der Waals surface area contributed by atoms with E-state index >= 15 is 0 Å². The number of halogens is 3. The molecule has 9 heteroatoms. The average Bonchev–Trinajstić information content (AvgIpc) is 3.28. The molecule has 0 saturated carbocycles. The van der Waals surface area contributed by atoms with Gasteiger partial charge in [-0.15, -0.1) is 22.7 Å². The molecule has 152 valence electrons. The maximum atomic E-state index is 12.7. The van der Waals surface area contributed by atoms with Gasteiger partial charge in [-0.3, -0.25) is 4.79 Å². The zero-order valence-corrected chi connectivity index (χ0v) is 17.1. The van der Waals surface area contributed by atoms with Crippen molar-refractivity contribution < 1.29 is 27.5 Å². The van der Waals surface area contributed by atoms with Gasteiger partial charge in [0.15, 0.2) is 0 Å². The molecule has 0 radical (unpaired) electrons. The number of hydrogen-bond donors (Lipinski definition) is 1. The van der Waals surface area contributed by atoms with Crippen molar-refractivity contribution in [2.24, 2.45) is 0 Å². The summed E-state index contributed by atoms with van der Waals surface area (Å²) in [6.45, 7) is 3.68. The van der Waals surface area contributed by atoms with Crippen molar-refractivity contribution in [3.63, 3.8) is 0 Å². The minimum absolute atomic E-state index is 0.0523. The summed E-state index contributed by atoms with van der Waals surface area (Å²) in [5.74, 6) is -1.17. The highest BCUT2D eigenvalue weighted by atomic mass is 32.1. The average molecular weight is 439 g/mol. The Morgan fingerprint density at radius 3 is 2.38 bits per heavy atom. The molecule has 0 bridgehead atoms. The van der Waals surface area contributed by atoms with Crippen molar-refractivity contribution >= 4 is 39.6 Å². The van der Waals surface area contributed by atoms with E-state index in [4.69, 9.17) is 4.74 Å². The number of aryl methyl sites for hydroxylation is 1. The normalized spacial score (nSPS) is 11.3. The summed E-state index contributed by atoms with van der Waals surface area (Å²) in [4.78, 5) is 26.8. The molecule has 0 aliphatic heterocycles.